The highest BCUT2D eigenvalue weighted by Crippen LogP contribution is 2.18. The Morgan fingerprint density at radius 2 is 2.19 bits per heavy atom. The first-order valence-corrected chi connectivity index (χ1v) is 4.98. The number of aliphatic hydroxyl groups excluding tert-OH is 1. The number of carbonyl (C=O) groups excluding carboxylic acids is 2. The molecule has 6 nitrogen and oxygen atoms in total. The highest BCUT2D eigenvalue weighted by Gasteiger charge is 2.35. The standard InChI is InChI=1S/C10H14O6/c1-2-14-9(12)5-3-4-7-8(6-11)16-10(13)15-7/h3,5,7-8,11H,2,4,6H2,1H3/t7-,8+/m0/s1. The van der Waals surface area contributed by atoms with Crippen LogP contribution in [0.15, 0.2) is 12.2 Å². The van der Waals surface area contributed by atoms with E-state index in [4.69, 9.17) is 9.84 Å². The second-order valence-corrected chi connectivity index (χ2v) is 3.14. The summed E-state index contributed by atoms with van der Waals surface area (Å²) in [5.74, 6) is -0.451. The van der Waals surface area contributed by atoms with E-state index in [0.29, 0.717) is 13.0 Å². The number of ether oxygens (including phenoxy) is 3. The summed E-state index contributed by atoms with van der Waals surface area (Å²) in [7, 11) is 0. The Labute approximate surface area is 92.8 Å². The van der Waals surface area contributed by atoms with Crippen molar-refractivity contribution in [1.82, 2.24) is 0 Å². The zero-order valence-electron chi connectivity index (χ0n) is 8.92. The molecule has 16 heavy (non-hydrogen) atoms. The predicted molar refractivity (Wildman–Crippen MR) is 52.6 cm³/mol. The van der Waals surface area contributed by atoms with Gasteiger partial charge in [-0.15, -0.1) is 0 Å². The minimum absolute atomic E-state index is 0.301. The van der Waals surface area contributed by atoms with Gasteiger partial charge < -0.3 is 19.3 Å². The lowest BCUT2D eigenvalue weighted by molar-refractivity contribution is -0.137. The first kappa shape index (κ1) is 12.5. The van der Waals surface area contributed by atoms with Crippen molar-refractivity contribution in [1.29, 1.82) is 0 Å². The first-order valence-electron chi connectivity index (χ1n) is 4.98. The summed E-state index contributed by atoms with van der Waals surface area (Å²) >= 11 is 0. The number of hydrogen-bond donors (Lipinski definition) is 1. The van der Waals surface area contributed by atoms with Gasteiger partial charge in [-0.1, -0.05) is 6.08 Å². The largest absolute Gasteiger partial charge is 0.509 e. The zero-order valence-corrected chi connectivity index (χ0v) is 8.92. The molecule has 1 heterocycles. The lowest BCUT2D eigenvalue weighted by Crippen LogP contribution is -2.25. The second-order valence-electron chi connectivity index (χ2n) is 3.14. The molecular formula is C10H14O6. The van der Waals surface area contributed by atoms with Crippen LogP contribution in [0.25, 0.3) is 0 Å². The minimum Gasteiger partial charge on any atom is -0.463 e. The van der Waals surface area contributed by atoms with Crippen LogP contribution < -0.4 is 0 Å². The highest BCUT2D eigenvalue weighted by molar-refractivity contribution is 5.81. The van der Waals surface area contributed by atoms with E-state index in [9.17, 15) is 9.59 Å². The van der Waals surface area contributed by atoms with Gasteiger partial charge in [0.1, 0.15) is 6.10 Å². The molecule has 2 atom stereocenters. The normalized spacial score (nSPS) is 24.2. The lowest BCUT2D eigenvalue weighted by atomic mass is 10.1. The van der Waals surface area contributed by atoms with E-state index in [0.717, 1.165) is 0 Å². The Morgan fingerprint density at radius 1 is 1.50 bits per heavy atom. The van der Waals surface area contributed by atoms with Crippen LogP contribution in [0.3, 0.4) is 0 Å². The molecule has 1 rings (SSSR count). The van der Waals surface area contributed by atoms with Crippen molar-refractivity contribution in [3.63, 3.8) is 0 Å². The van der Waals surface area contributed by atoms with E-state index >= 15 is 0 Å². The maximum Gasteiger partial charge on any atom is 0.509 e. The van der Waals surface area contributed by atoms with Crippen molar-refractivity contribution in [3.05, 3.63) is 12.2 Å². The molecule has 1 fully saturated rings. The van der Waals surface area contributed by atoms with Crippen LogP contribution in [0.2, 0.25) is 0 Å². The fourth-order valence-corrected chi connectivity index (χ4v) is 1.27. The van der Waals surface area contributed by atoms with E-state index in [1.54, 1.807) is 6.92 Å². The fraction of sp³-hybridized carbons (Fsp3) is 0.600. The van der Waals surface area contributed by atoms with E-state index in [1.807, 2.05) is 0 Å². The van der Waals surface area contributed by atoms with Crippen LogP contribution in [0.5, 0.6) is 0 Å². The number of aliphatic hydroxyl groups is 1. The van der Waals surface area contributed by atoms with Crippen LogP contribution in [-0.4, -0.2) is 42.7 Å². The third-order valence-electron chi connectivity index (χ3n) is 2.00. The van der Waals surface area contributed by atoms with Gasteiger partial charge in [0, 0.05) is 12.5 Å². The predicted octanol–water partition coefficient (Wildman–Crippen LogP) is 0.392. The van der Waals surface area contributed by atoms with Gasteiger partial charge in [0.15, 0.2) is 6.10 Å². The van der Waals surface area contributed by atoms with Crippen molar-refractivity contribution in [2.24, 2.45) is 0 Å². The molecule has 0 aromatic carbocycles. The maximum absolute atomic E-state index is 10.9. The topological polar surface area (TPSA) is 82.1 Å². The molecule has 1 saturated heterocycles. The van der Waals surface area contributed by atoms with Crippen LogP contribution in [-0.2, 0) is 19.0 Å². The molecule has 0 amide bonds. The van der Waals surface area contributed by atoms with Gasteiger partial charge in [0.2, 0.25) is 0 Å². The molecule has 0 unspecified atom stereocenters. The number of cyclic esters (lactones) is 2. The van der Waals surface area contributed by atoms with Crippen molar-refractivity contribution in [3.8, 4) is 0 Å². The summed E-state index contributed by atoms with van der Waals surface area (Å²) in [5.41, 5.74) is 0. The number of carbonyl (C=O) groups is 2. The van der Waals surface area contributed by atoms with Crippen molar-refractivity contribution < 1.29 is 28.9 Å². The Morgan fingerprint density at radius 3 is 2.81 bits per heavy atom. The average Bonchev–Trinajstić information content (AvgIpc) is 2.59. The fourth-order valence-electron chi connectivity index (χ4n) is 1.27. The molecule has 90 valence electrons. The molecule has 0 aromatic heterocycles. The van der Waals surface area contributed by atoms with Crippen molar-refractivity contribution in [2.45, 2.75) is 25.6 Å². The summed E-state index contributed by atoms with van der Waals surface area (Å²) < 4.78 is 14.1. The highest BCUT2D eigenvalue weighted by atomic mass is 16.8. The van der Waals surface area contributed by atoms with Crippen LogP contribution >= 0.6 is 0 Å². The summed E-state index contributed by atoms with van der Waals surface area (Å²) in [5, 5.41) is 8.87. The number of hydrogen-bond acceptors (Lipinski definition) is 6. The molecule has 0 spiro atoms. The average molecular weight is 230 g/mol. The molecule has 6 heteroatoms. The van der Waals surface area contributed by atoms with E-state index < -0.39 is 24.3 Å². The second kappa shape index (κ2) is 6.12. The first-order chi connectivity index (χ1) is 7.67. The summed E-state index contributed by atoms with van der Waals surface area (Å²) in [6, 6.07) is 0. The van der Waals surface area contributed by atoms with E-state index in [-0.39, 0.29) is 6.61 Å². The molecule has 0 saturated carbocycles. The number of rotatable bonds is 5. The molecule has 1 N–H and O–H groups in total. The van der Waals surface area contributed by atoms with Gasteiger partial charge in [-0.2, -0.15) is 0 Å². The summed E-state index contributed by atoms with van der Waals surface area (Å²) in [6.45, 7) is 1.72. The molecule has 0 bridgehead atoms. The van der Waals surface area contributed by atoms with Gasteiger partial charge >= 0.3 is 12.1 Å². The quantitative estimate of drug-likeness (QED) is 0.543. The summed E-state index contributed by atoms with van der Waals surface area (Å²) in [6.07, 6.45) is 1.06. The van der Waals surface area contributed by atoms with Gasteiger partial charge in [0.05, 0.1) is 13.2 Å². The van der Waals surface area contributed by atoms with Crippen molar-refractivity contribution >= 4 is 12.1 Å². The molecule has 0 aromatic rings. The van der Waals surface area contributed by atoms with E-state index in [1.165, 1.54) is 12.2 Å². The summed E-state index contributed by atoms with van der Waals surface area (Å²) in [4.78, 5) is 21.7. The van der Waals surface area contributed by atoms with Crippen LogP contribution in [0.4, 0.5) is 4.79 Å². The molecule has 1 aliphatic rings. The molecular weight excluding hydrogens is 216 g/mol. The van der Waals surface area contributed by atoms with Gasteiger partial charge in [-0.25, -0.2) is 9.59 Å². The van der Waals surface area contributed by atoms with Gasteiger partial charge in [-0.3, -0.25) is 0 Å². The van der Waals surface area contributed by atoms with Crippen LogP contribution in [0.1, 0.15) is 13.3 Å². The molecule has 0 radical (unpaired) electrons. The maximum atomic E-state index is 10.9. The Kier molecular flexibility index (Phi) is 4.78. The monoisotopic (exact) mass is 230 g/mol. The van der Waals surface area contributed by atoms with Crippen LogP contribution in [0, 0.1) is 0 Å². The van der Waals surface area contributed by atoms with E-state index in [2.05, 4.69) is 9.47 Å². The molecule has 1 aliphatic heterocycles. The minimum atomic E-state index is -0.798. The third kappa shape index (κ3) is 3.54. The number of esters is 1. The Balaban J connectivity index is 2.36. The van der Waals surface area contributed by atoms with Crippen molar-refractivity contribution in [2.75, 3.05) is 13.2 Å². The molecule has 0 aliphatic carbocycles. The van der Waals surface area contributed by atoms with Gasteiger partial charge in [-0.05, 0) is 6.92 Å². The smallest absolute Gasteiger partial charge is 0.463 e. The zero-order chi connectivity index (χ0) is 12.0. The lowest BCUT2D eigenvalue weighted by Gasteiger charge is -2.09. The Bertz CT molecular complexity index is 285. The van der Waals surface area contributed by atoms with Gasteiger partial charge in [0.25, 0.3) is 0 Å². The third-order valence-corrected chi connectivity index (χ3v) is 2.00. The Hall–Kier alpha value is -1.56. The SMILES string of the molecule is CCOC(=O)C=CC[C@@H]1OC(=O)O[C@@H]1CO.